The number of rotatable bonds is 6. The molecule has 0 saturated carbocycles. The van der Waals surface area contributed by atoms with Crippen molar-refractivity contribution in [2.75, 3.05) is 12.0 Å². The van der Waals surface area contributed by atoms with Gasteiger partial charge in [-0.1, -0.05) is 11.8 Å². The lowest BCUT2D eigenvalue weighted by molar-refractivity contribution is -0.384. The Morgan fingerprint density at radius 3 is 2.62 bits per heavy atom. The van der Waals surface area contributed by atoms with Gasteiger partial charge in [-0.05, 0) is 24.0 Å². The molecular weight excluding hydrogens is 378 g/mol. The number of thioether (sulfide) groups is 1. The molecule has 0 spiro atoms. The summed E-state index contributed by atoms with van der Waals surface area (Å²) in [5, 5.41) is 11.6. The molecule has 134 valence electrons. The molecule has 0 atom stereocenters. The zero-order chi connectivity index (χ0) is 18.8. The molecule has 0 radical (unpaired) electrons. The molecule has 0 saturated heterocycles. The highest BCUT2D eigenvalue weighted by atomic mass is 32.2. The van der Waals surface area contributed by atoms with Crippen LogP contribution in [0.1, 0.15) is 15.2 Å². The topological polar surface area (TPSA) is 147 Å². The number of nitrogens with zero attached hydrogens (tertiary/aromatic N) is 3. The number of benzene rings is 1. The van der Waals surface area contributed by atoms with Crippen molar-refractivity contribution in [1.29, 1.82) is 0 Å². The summed E-state index contributed by atoms with van der Waals surface area (Å²) in [5.74, 6) is -0.406. The van der Waals surface area contributed by atoms with Gasteiger partial charge in [0.25, 0.3) is 11.6 Å². The van der Waals surface area contributed by atoms with Gasteiger partial charge in [-0.2, -0.15) is 4.98 Å². The van der Waals surface area contributed by atoms with E-state index in [1.807, 2.05) is 6.26 Å². The number of nitrogen functional groups attached to an aromatic ring is 1. The van der Waals surface area contributed by atoms with Gasteiger partial charge in [0, 0.05) is 12.1 Å². The lowest BCUT2D eigenvalue weighted by atomic mass is 10.2. The van der Waals surface area contributed by atoms with Crippen LogP contribution in [0, 0.1) is 10.1 Å². The van der Waals surface area contributed by atoms with Crippen molar-refractivity contribution in [3.8, 4) is 5.88 Å². The number of primary amides is 1. The van der Waals surface area contributed by atoms with Gasteiger partial charge in [-0.3, -0.25) is 14.9 Å². The number of nitrogens with two attached hydrogens (primary N) is 2. The Morgan fingerprint density at radius 1 is 1.35 bits per heavy atom. The second-order valence-electron chi connectivity index (χ2n) is 5.12. The predicted octanol–water partition coefficient (Wildman–Crippen LogP) is 2.58. The molecule has 4 N–H and O–H groups in total. The Labute approximate surface area is 155 Å². The van der Waals surface area contributed by atoms with Gasteiger partial charge in [0.1, 0.15) is 16.3 Å². The largest absolute Gasteiger partial charge is 0.472 e. The Balaban J connectivity index is 1.95. The summed E-state index contributed by atoms with van der Waals surface area (Å²) >= 11 is 2.40. The maximum atomic E-state index is 11.5. The number of hydrogen-bond donors (Lipinski definition) is 2. The summed E-state index contributed by atoms with van der Waals surface area (Å²) in [7, 11) is 0. The maximum absolute atomic E-state index is 11.5. The first-order valence-corrected chi connectivity index (χ1v) is 9.24. The van der Waals surface area contributed by atoms with Gasteiger partial charge in [0.05, 0.1) is 16.0 Å². The van der Waals surface area contributed by atoms with E-state index in [1.54, 1.807) is 12.1 Å². The standard InChI is InChI=1S/C15H13N5O4S2/c1-25-15-18-13(9-10(16)11(12(17)21)26-14(9)19-15)24-6-7-2-4-8(5-3-7)20(22)23/h2-5H,6,16H2,1H3,(H2,17,21). The summed E-state index contributed by atoms with van der Waals surface area (Å²) < 4.78 is 5.76. The van der Waals surface area contributed by atoms with Crippen molar-refractivity contribution >= 4 is 50.6 Å². The smallest absolute Gasteiger partial charge is 0.269 e. The summed E-state index contributed by atoms with van der Waals surface area (Å²) in [6.45, 7) is 0.124. The first-order chi connectivity index (χ1) is 12.4. The number of anilines is 1. The van der Waals surface area contributed by atoms with Crippen molar-refractivity contribution in [2.45, 2.75) is 11.8 Å². The zero-order valence-electron chi connectivity index (χ0n) is 13.5. The monoisotopic (exact) mass is 391 g/mol. The number of nitro groups is 1. The normalized spacial score (nSPS) is 10.8. The molecule has 0 bridgehead atoms. The van der Waals surface area contributed by atoms with E-state index in [-0.39, 0.29) is 28.7 Å². The second-order valence-corrected chi connectivity index (χ2v) is 6.89. The summed E-state index contributed by atoms with van der Waals surface area (Å²) in [6.07, 6.45) is 1.81. The molecule has 0 unspecified atom stereocenters. The number of amides is 1. The quantitative estimate of drug-likeness (QED) is 0.282. The SMILES string of the molecule is CSc1nc(OCc2ccc([N+](=O)[O-])cc2)c2c(N)c(C(N)=O)sc2n1. The molecule has 9 nitrogen and oxygen atoms in total. The van der Waals surface area contributed by atoms with Crippen LogP contribution in [0.5, 0.6) is 5.88 Å². The van der Waals surface area contributed by atoms with Crippen LogP contribution >= 0.6 is 23.1 Å². The van der Waals surface area contributed by atoms with Crippen LogP contribution in [0.2, 0.25) is 0 Å². The molecule has 1 aromatic carbocycles. The number of hydrogen-bond acceptors (Lipinski definition) is 9. The van der Waals surface area contributed by atoms with E-state index in [4.69, 9.17) is 16.2 Å². The molecule has 0 aliphatic carbocycles. The van der Waals surface area contributed by atoms with Crippen LogP contribution in [-0.4, -0.2) is 27.1 Å². The van der Waals surface area contributed by atoms with E-state index >= 15 is 0 Å². The number of non-ortho nitro benzene ring substituents is 1. The van der Waals surface area contributed by atoms with E-state index < -0.39 is 10.8 Å². The van der Waals surface area contributed by atoms with Crippen molar-refractivity contribution in [2.24, 2.45) is 5.73 Å². The Hall–Kier alpha value is -2.92. The number of ether oxygens (including phenoxy) is 1. The highest BCUT2D eigenvalue weighted by Crippen LogP contribution is 2.38. The fraction of sp³-hybridized carbons (Fsp3) is 0.133. The van der Waals surface area contributed by atoms with Crippen LogP contribution in [0.25, 0.3) is 10.2 Å². The van der Waals surface area contributed by atoms with Crippen LogP contribution in [-0.2, 0) is 6.61 Å². The maximum Gasteiger partial charge on any atom is 0.269 e. The first kappa shape index (κ1) is 17.9. The van der Waals surface area contributed by atoms with Gasteiger partial charge in [0.2, 0.25) is 5.88 Å². The fourth-order valence-corrected chi connectivity index (χ4v) is 3.57. The molecule has 0 fully saturated rings. The average Bonchev–Trinajstić information content (AvgIpc) is 2.97. The molecule has 1 amide bonds. The van der Waals surface area contributed by atoms with Crippen molar-refractivity contribution in [1.82, 2.24) is 9.97 Å². The molecule has 2 aromatic heterocycles. The third-order valence-corrected chi connectivity index (χ3v) is 5.13. The van der Waals surface area contributed by atoms with E-state index in [0.29, 0.717) is 15.4 Å². The van der Waals surface area contributed by atoms with Gasteiger partial charge in [0.15, 0.2) is 5.16 Å². The van der Waals surface area contributed by atoms with Crippen LogP contribution in [0.4, 0.5) is 11.4 Å². The predicted molar refractivity (Wildman–Crippen MR) is 99.6 cm³/mol. The molecule has 3 rings (SSSR count). The van der Waals surface area contributed by atoms with Crippen LogP contribution < -0.4 is 16.2 Å². The van der Waals surface area contributed by atoms with Gasteiger partial charge < -0.3 is 16.2 Å². The highest BCUT2D eigenvalue weighted by Gasteiger charge is 2.21. The van der Waals surface area contributed by atoms with Gasteiger partial charge in [-0.25, -0.2) is 4.98 Å². The minimum absolute atomic E-state index is 0.00368. The number of nitro benzene ring substituents is 1. The Morgan fingerprint density at radius 2 is 2.04 bits per heavy atom. The Bertz CT molecular complexity index is 1000. The van der Waals surface area contributed by atoms with E-state index in [1.165, 1.54) is 23.9 Å². The lowest BCUT2D eigenvalue weighted by Crippen LogP contribution is -2.10. The number of carbonyl (C=O) groups is 1. The molecule has 26 heavy (non-hydrogen) atoms. The van der Waals surface area contributed by atoms with E-state index in [9.17, 15) is 14.9 Å². The van der Waals surface area contributed by atoms with E-state index in [0.717, 1.165) is 16.9 Å². The van der Waals surface area contributed by atoms with Gasteiger partial charge in [-0.15, -0.1) is 11.3 Å². The number of aromatic nitrogens is 2. The molecule has 2 heterocycles. The summed E-state index contributed by atoms with van der Waals surface area (Å²) in [5.41, 5.74) is 12.3. The average molecular weight is 391 g/mol. The zero-order valence-corrected chi connectivity index (χ0v) is 15.1. The number of thiophene rings is 1. The van der Waals surface area contributed by atoms with Gasteiger partial charge >= 0.3 is 0 Å². The summed E-state index contributed by atoms with van der Waals surface area (Å²) in [6, 6.07) is 5.98. The third-order valence-electron chi connectivity index (χ3n) is 3.46. The van der Waals surface area contributed by atoms with Crippen molar-refractivity contribution in [3.63, 3.8) is 0 Å². The molecule has 0 aliphatic rings. The van der Waals surface area contributed by atoms with Crippen molar-refractivity contribution < 1.29 is 14.5 Å². The van der Waals surface area contributed by atoms with E-state index in [2.05, 4.69) is 9.97 Å². The van der Waals surface area contributed by atoms with Crippen molar-refractivity contribution in [3.05, 3.63) is 44.8 Å². The minimum Gasteiger partial charge on any atom is -0.472 e. The van der Waals surface area contributed by atoms with Crippen LogP contribution in [0.3, 0.4) is 0 Å². The number of fused-ring (bicyclic) bond motifs is 1. The minimum atomic E-state index is -0.641. The Kier molecular flexibility index (Phi) is 4.91. The molecule has 3 aromatic rings. The summed E-state index contributed by atoms with van der Waals surface area (Å²) in [4.78, 5) is 31.1. The van der Waals surface area contributed by atoms with Crippen LogP contribution in [0.15, 0.2) is 29.4 Å². The highest BCUT2D eigenvalue weighted by molar-refractivity contribution is 7.98. The second kappa shape index (κ2) is 7.14. The fourth-order valence-electron chi connectivity index (χ4n) is 2.22. The first-order valence-electron chi connectivity index (χ1n) is 7.20. The molecule has 0 aliphatic heterocycles. The molecular formula is C15H13N5O4S2. The third kappa shape index (κ3) is 3.39. The number of carbonyl (C=O) groups excluding carboxylic acids is 1. The lowest BCUT2D eigenvalue weighted by Gasteiger charge is -2.08. The molecule has 11 heteroatoms.